The first kappa shape index (κ1) is 13.2. The number of nitrogens with zero attached hydrogens (tertiary/aromatic N) is 2. The van der Waals surface area contributed by atoms with Gasteiger partial charge in [-0.25, -0.2) is 0 Å². The number of nitrogens with one attached hydrogen (secondary N) is 1. The average Bonchev–Trinajstić information content (AvgIpc) is 2.39. The molecule has 1 aliphatic heterocycles. The zero-order chi connectivity index (χ0) is 13.0. The topological polar surface area (TPSA) is 39.1 Å². The zero-order valence-electron chi connectivity index (χ0n) is 10.6. The highest BCUT2D eigenvalue weighted by Crippen LogP contribution is 2.27. The van der Waals surface area contributed by atoms with Crippen LogP contribution in [0.5, 0.6) is 0 Å². The summed E-state index contributed by atoms with van der Waals surface area (Å²) in [5, 5.41) is 13.1. The lowest BCUT2D eigenvalue weighted by Crippen LogP contribution is -2.37. The summed E-state index contributed by atoms with van der Waals surface area (Å²) in [5.74, 6) is 0.647. The van der Waals surface area contributed by atoms with E-state index >= 15 is 0 Å². The number of anilines is 1. The molecule has 1 aliphatic rings. The quantitative estimate of drug-likeness (QED) is 0.911. The molecule has 0 amide bonds. The van der Waals surface area contributed by atoms with E-state index in [0.717, 1.165) is 25.3 Å². The number of benzene rings is 1. The molecule has 1 atom stereocenters. The Morgan fingerprint density at radius 1 is 1.56 bits per heavy atom. The van der Waals surface area contributed by atoms with Crippen LogP contribution in [0.4, 0.5) is 5.69 Å². The first-order valence-electron chi connectivity index (χ1n) is 6.33. The molecule has 1 N–H and O–H groups in total. The van der Waals surface area contributed by atoms with Crippen molar-refractivity contribution in [2.45, 2.75) is 12.8 Å². The largest absolute Gasteiger partial charge is 0.373 e. The summed E-state index contributed by atoms with van der Waals surface area (Å²) in [7, 11) is 2.03. The van der Waals surface area contributed by atoms with Gasteiger partial charge in [0.25, 0.3) is 0 Å². The zero-order valence-corrected chi connectivity index (χ0v) is 11.4. The molecule has 1 aromatic rings. The van der Waals surface area contributed by atoms with Crippen LogP contribution < -0.4 is 10.2 Å². The van der Waals surface area contributed by atoms with Crippen molar-refractivity contribution in [2.24, 2.45) is 5.92 Å². The Balaban J connectivity index is 2.11. The molecule has 1 fully saturated rings. The SMILES string of the molecule is CN(CC1CCCNC1)c1cccc(Cl)c1C#N. The fourth-order valence-electron chi connectivity index (χ4n) is 2.51. The molecule has 0 aromatic heterocycles. The van der Waals surface area contributed by atoms with E-state index in [1.165, 1.54) is 12.8 Å². The van der Waals surface area contributed by atoms with E-state index in [1.54, 1.807) is 6.07 Å². The molecule has 0 spiro atoms. The van der Waals surface area contributed by atoms with Crippen LogP contribution in [-0.4, -0.2) is 26.7 Å². The molecule has 3 nitrogen and oxygen atoms in total. The van der Waals surface area contributed by atoms with Gasteiger partial charge in [0.1, 0.15) is 6.07 Å². The Bertz CT molecular complexity index is 447. The summed E-state index contributed by atoms with van der Waals surface area (Å²) >= 11 is 6.05. The number of nitriles is 1. The lowest BCUT2D eigenvalue weighted by molar-refractivity contribution is 0.381. The molecule has 2 rings (SSSR count). The second-order valence-corrected chi connectivity index (χ2v) is 5.25. The van der Waals surface area contributed by atoms with E-state index in [9.17, 15) is 5.26 Å². The van der Waals surface area contributed by atoms with Crippen molar-refractivity contribution < 1.29 is 0 Å². The number of halogens is 1. The molecular weight excluding hydrogens is 246 g/mol. The van der Waals surface area contributed by atoms with Crippen molar-refractivity contribution >= 4 is 17.3 Å². The fourth-order valence-corrected chi connectivity index (χ4v) is 2.72. The third-order valence-electron chi connectivity index (χ3n) is 3.45. The van der Waals surface area contributed by atoms with Crippen LogP contribution in [0.1, 0.15) is 18.4 Å². The maximum absolute atomic E-state index is 9.18. The molecule has 1 saturated heterocycles. The third kappa shape index (κ3) is 2.95. The molecule has 0 saturated carbocycles. The van der Waals surface area contributed by atoms with Crippen LogP contribution in [0.25, 0.3) is 0 Å². The van der Waals surface area contributed by atoms with Gasteiger partial charge in [0.05, 0.1) is 16.3 Å². The summed E-state index contributed by atoms with van der Waals surface area (Å²) in [4.78, 5) is 2.14. The van der Waals surface area contributed by atoms with E-state index in [2.05, 4.69) is 16.3 Å². The van der Waals surface area contributed by atoms with Crippen LogP contribution >= 0.6 is 11.6 Å². The number of piperidine rings is 1. The fraction of sp³-hybridized carbons (Fsp3) is 0.500. The average molecular weight is 264 g/mol. The summed E-state index contributed by atoms with van der Waals surface area (Å²) in [6, 6.07) is 7.81. The minimum Gasteiger partial charge on any atom is -0.373 e. The van der Waals surface area contributed by atoms with Gasteiger partial charge < -0.3 is 10.2 Å². The van der Waals surface area contributed by atoms with Crippen LogP contribution in [0.2, 0.25) is 5.02 Å². The summed E-state index contributed by atoms with van der Waals surface area (Å²) < 4.78 is 0. The lowest BCUT2D eigenvalue weighted by Gasteiger charge is -2.29. The van der Waals surface area contributed by atoms with Gasteiger partial charge in [-0.15, -0.1) is 0 Å². The number of rotatable bonds is 3. The molecule has 1 aromatic carbocycles. The van der Waals surface area contributed by atoms with E-state index in [1.807, 2.05) is 19.2 Å². The van der Waals surface area contributed by atoms with Crippen LogP contribution in [0.15, 0.2) is 18.2 Å². The molecule has 0 bridgehead atoms. The van der Waals surface area contributed by atoms with Gasteiger partial charge in [-0.05, 0) is 44.0 Å². The highest BCUT2D eigenvalue weighted by atomic mass is 35.5. The van der Waals surface area contributed by atoms with E-state index in [4.69, 9.17) is 11.6 Å². The molecule has 1 unspecified atom stereocenters. The van der Waals surface area contributed by atoms with Crippen molar-refractivity contribution in [1.29, 1.82) is 5.26 Å². The molecule has 1 heterocycles. The van der Waals surface area contributed by atoms with Crippen LogP contribution in [0.3, 0.4) is 0 Å². The van der Waals surface area contributed by atoms with Gasteiger partial charge in [-0.1, -0.05) is 17.7 Å². The Kier molecular flexibility index (Phi) is 4.46. The van der Waals surface area contributed by atoms with Gasteiger partial charge in [-0.2, -0.15) is 5.26 Å². The maximum Gasteiger partial charge on any atom is 0.103 e. The van der Waals surface area contributed by atoms with Crippen LogP contribution in [-0.2, 0) is 0 Å². The Morgan fingerprint density at radius 2 is 2.39 bits per heavy atom. The Morgan fingerprint density at radius 3 is 3.06 bits per heavy atom. The van der Waals surface area contributed by atoms with Crippen molar-refractivity contribution in [3.8, 4) is 6.07 Å². The highest BCUT2D eigenvalue weighted by molar-refractivity contribution is 6.32. The summed E-state index contributed by atoms with van der Waals surface area (Å²) in [6.07, 6.45) is 2.49. The van der Waals surface area contributed by atoms with Crippen molar-refractivity contribution in [3.63, 3.8) is 0 Å². The Hall–Kier alpha value is -1.24. The van der Waals surface area contributed by atoms with Gasteiger partial charge in [0.15, 0.2) is 0 Å². The second-order valence-electron chi connectivity index (χ2n) is 4.84. The second kappa shape index (κ2) is 6.08. The van der Waals surface area contributed by atoms with Crippen molar-refractivity contribution in [1.82, 2.24) is 5.32 Å². The van der Waals surface area contributed by atoms with Gasteiger partial charge >= 0.3 is 0 Å². The minimum atomic E-state index is 0.531. The van der Waals surface area contributed by atoms with Gasteiger partial charge in [0.2, 0.25) is 0 Å². The smallest absolute Gasteiger partial charge is 0.103 e. The molecule has 96 valence electrons. The maximum atomic E-state index is 9.18. The van der Waals surface area contributed by atoms with E-state index in [0.29, 0.717) is 16.5 Å². The third-order valence-corrected chi connectivity index (χ3v) is 3.76. The highest BCUT2D eigenvalue weighted by Gasteiger charge is 2.17. The molecule has 18 heavy (non-hydrogen) atoms. The van der Waals surface area contributed by atoms with Crippen molar-refractivity contribution in [3.05, 3.63) is 28.8 Å². The summed E-state index contributed by atoms with van der Waals surface area (Å²) in [6.45, 7) is 3.15. The number of hydrogen-bond donors (Lipinski definition) is 1. The minimum absolute atomic E-state index is 0.531. The first-order chi connectivity index (χ1) is 8.72. The molecular formula is C14H18ClN3. The molecule has 0 radical (unpaired) electrons. The van der Waals surface area contributed by atoms with Crippen molar-refractivity contribution in [2.75, 3.05) is 31.6 Å². The first-order valence-corrected chi connectivity index (χ1v) is 6.70. The monoisotopic (exact) mass is 263 g/mol. The molecule has 4 heteroatoms. The van der Waals surface area contributed by atoms with E-state index in [-0.39, 0.29) is 0 Å². The van der Waals surface area contributed by atoms with Gasteiger partial charge in [0, 0.05) is 13.6 Å². The van der Waals surface area contributed by atoms with Gasteiger partial charge in [-0.3, -0.25) is 0 Å². The van der Waals surface area contributed by atoms with Crippen LogP contribution in [0, 0.1) is 17.2 Å². The standard InChI is InChI=1S/C14H18ClN3/c1-18(10-11-4-3-7-17-9-11)14-6-2-5-13(15)12(14)8-16/h2,5-6,11,17H,3-4,7,9-10H2,1H3. The predicted molar refractivity (Wildman–Crippen MR) is 75.0 cm³/mol. The number of hydrogen-bond acceptors (Lipinski definition) is 3. The summed E-state index contributed by atoms with van der Waals surface area (Å²) in [5.41, 5.74) is 1.50. The normalized spacial score (nSPS) is 19.3. The van der Waals surface area contributed by atoms with E-state index < -0.39 is 0 Å². The molecule has 0 aliphatic carbocycles. The lowest BCUT2D eigenvalue weighted by atomic mass is 9.99. The predicted octanol–water partition coefficient (Wildman–Crippen LogP) is 2.65. The Labute approximate surface area is 113 Å².